The lowest BCUT2D eigenvalue weighted by atomic mass is 9.91. The van der Waals surface area contributed by atoms with E-state index in [1.165, 1.54) is 6.07 Å². The minimum Gasteiger partial charge on any atom is -0.355 e. The van der Waals surface area contributed by atoms with Gasteiger partial charge in [-0.25, -0.2) is 14.4 Å². The van der Waals surface area contributed by atoms with Crippen molar-refractivity contribution in [2.75, 3.05) is 18.0 Å². The molecule has 130 valence electrons. The van der Waals surface area contributed by atoms with Crippen LogP contribution in [0.25, 0.3) is 22.4 Å². The first-order chi connectivity index (χ1) is 11.9. The molecule has 0 aliphatic carbocycles. The molecule has 1 saturated heterocycles. The molecule has 3 heterocycles. The lowest BCUT2D eigenvalue weighted by Crippen LogP contribution is -2.48. The summed E-state index contributed by atoms with van der Waals surface area (Å²) >= 11 is 5.87. The van der Waals surface area contributed by atoms with E-state index in [0.29, 0.717) is 22.4 Å². The van der Waals surface area contributed by atoms with Crippen LogP contribution in [0.5, 0.6) is 0 Å². The van der Waals surface area contributed by atoms with Crippen LogP contribution in [0.3, 0.4) is 0 Å². The van der Waals surface area contributed by atoms with Crippen molar-refractivity contribution in [3.8, 4) is 11.3 Å². The SMILES string of the molecule is CC1(N)CCN(c2cnc3c(-c4cccc(Cl)c4F)[nH]nc3n2)CC1. The van der Waals surface area contributed by atoms with Crippen molar-refractivity contribution in [2.45, 2.75) is 25.3 Å². The molecule has 4 rings (SSSR count). The maximum Gasteiger partial charge on any atom is 0.202 e. The third-order valence-corrected chi connectivity index (χ3v) is 4.99. The van der Waals surface area contributed by atoms with Crippen LogP contribution in [0.4, 0.5) is 10.2 Å². The molecule has 2 aromatic heterocycles. The fourth-order valence-electron chi connectivity index (χ4n) is 3.07. The summed E-state index contributed by atoms with van der Waals surface area (Å²) in [7, 11) is 0. The first kappa shape index (κ1) is 16.2. The summed E-state index contributed by atoms with van der Waals surface area (Å²) in [6.07, 6.45) is 3.49. The summed E-state index contributed by atoms with van der Waals surface area (Å²) in [4.78, 5) is 11.2. The van der Waals surface area contributed by atoms with Crippen molar-refractivity contribution in [1.29, 1.82) is 0 Å². The molecule has 1 fully saturated rings. The number of aromatic amines is 1. The number of piperidine rings is 1. The van der Waals surface area contributed by atoms with Gasteiger partial charge >= 0.3 is 0 Å². The molecule has 0 radical (unpaired) electrons. The number of rotatable bonds is 2. The smallest absolute Gasteiger partial charge is 0.202 e. The number of hydrogen-bond donors (Lipinski definition) is 2. The highest BCUT2D eigenvalue weighted by molar-refractivity contribution is 6.31. The molecule has 0 spiro atoms. The molecule has 8 heteroatoms. The van der Waals surface area contributed by atoms with Crippen molar-refractivity contribution in [3.63, 3.8) is 0 Å². The molecule has 1 aliphatic rings. The van der Waals surface area contributed by atoms with Crippen LogP contribution in [0.15, 0.2) is 24.4 Å². The number of fused-ring (bicyclic) bond motifs is 1. The zero-order valence-corrected chi connectivity index (χ0v) is 14.5. The van der Waals surface area contributed by atoms with E-state index in [1.54, 1.807) is 18.3 Å². The van der Waals surface area contributed by atoms with E-state index in [1.807, 2.05) is 0 Å². The summed E-state index contributed by atoms with van der Waals surface area (Å²) in [5.41, 5.74) is 7.82. The predicted molar refractivity (Wildman–Crippen MR) is 96.1 cm³/mol. The van der Waals surface area contributed by atoms with Gasteiger partial charge in [0, 0.05) is 24.2 Å². The molecule has 25 heavy (non-hydrogen) atoms. The van der Waals surface area contributed by atoms with Crippen molar-refractivity contribution < 1.29 is 4.39 Å². The largest absolute Gasteiger partial charge is 0.355 e. The van der Waals surface area contributed by atoms with Crippen LogP contribution in [0.2, 0.25) is 5.02 Å². The lowest BCUT2D eigenvalue weighted by Gasteiger charge is -2.37. The van der Waals surface area contributed by atoms with Crippen molar-refractivity contribution >= 4 is 28.6 Å². The van der Waals surface area contributed by atoms with Gasteiger partial charge in [0.2, 0.25) is 5.65 Å². The number of nitrogens with two attached hydrogens (primary N) is 1. The number of aromatic nitrogens is 4. The van der Waals surface area contributed by atoms with Crippen molar-refractivity contribution in [1.82, 2.24) is 20.2 Å². The monoisotopic (exact) mass is 360 g/mol. The topological polar surface area (TPSA) is 83.7 Å². The summed E-state index contributed by atoms with van der Waals surface area (Å²) in [5, 5.41) is 7.08. The number of hydrogen-bond acceptors (Lipinski definition) is 5. The Bertz CT molecular complexity index is 928. The maximum absolute atomic E-state index is 14.3. The third-order valence-electron chi connectivity index (χ3n) is 4.70. The minimum atomic E-state index is -0.501. The Hall–Kier alpha value is -2.25. The van der Waals surface area contributed by atoms with Gasteiger partial charge in [-0.05, 0) is 31.9 Å². The van der Waals surface area contributed by atoms with E-state index in [-0.39, 0.29) is 10.6 Å². The van der Waals surface area contributed by atoms with Crippen LogP contribution in [0, 0.1) is 5.82 Å². The summed E-state index contributed by atoms with van der Waals surface area (Å²) in [6.45, 7) is 3.72. The molecular weight excluding hydrogens is 343 g/mol. The zero-order chi connectivity index (χ0) is 17.6. The van der Waals surface area contributed by atoms with Crippen molar-refractivity contribution in [2.24, 2.45) is 5.73 Å². The second-order valence-corrected chi connectivity index (χ2v) is 7.15. The quantitative estimate of drug-likeness (QED) is 0.733. The highest BCUT2D eigenvalue weighted by Gasteiger charge is 2.27. The van der Waals surface area contributed by atoms with Crippen LogP contribution in [-0.4, -0.2) is 38.8 Å². The Balaban J connectivity index is 1.69. The van der Waals surface area contributed by atoms with Crippen LogP contribution in [0.1, 0.15) is 19.8 Å². The van der Waals surface area contributed by atoms with Gasteiger partial charge in [-0.3, -0.25) is 5.10 Å². The second kappa shape index (κ2) is 5.93. The first-order valence-corrected chi connectivity index (χ1v) is 8.52. The van der Waals surface area contributed by atoms with Gasteiger partial charge in [0.15, 0.2) is 5.82 Å². The number of halogens is 2. The van der Waals surface area contributed by atoms with E-state index in [2.05, 4.69) is 32.0 Å². The maximum atomic E-state index is 14.3. The Morgan fingerprint density at radius 3 is 2.84 bits per heavy atom. The Morgan fingerprint density at radius 2 is 2.08 bits per heavy atom. The molecule has 1 aromatic carbocycles. The van der Waals surface area contributed by atoms with Gasteiger partial charge in [-0.15, -0.1) is 0 Å². The highest BCUT2D eigenvalue weighted by Crippen LogP contribution is 2.31. The molecule has 0 bridgehead atoms. The molecule has 0 saturated carbocycles. The van der Waals surface area contributed by atoms with Gasteiger partial charge in [-0.2, -0.15) is 5.10 Å². The fraction of sp³-hybridized carbons (Fsp3) is 0.353. The van der Waals surface area contributed by atoms with E-state index < -0.39 is 5.82 Å². The first-order valence-electron chi connectivity index (χ1n) is 8.14. The summed E-state index contributed by atoms with van der Waals surface area (Å²) in [6, 6.07) is 4.83. The van der Waals surface area contributed by atoms with Crippen LogP contribution < -0.4 is 10.6 Å². The average Bonchev–Trinajstić information content (AvgIpc) is 3.00. The van der Waals surface area contributed by atoms with Gasteiger partial charge < -0.3 is 10.6 Å². The molecule has 0 atom stereocenters. The predicted octanol–water partition coefficient (Wildman–Crippen LogP) is 3.13. The Labute approximate surface area is 149 Å². The van der Waals surface area contributed by atoms with Gasteiger partial charge in [-0.1, -0.05) is 17.7 Å². The average molecular weight is 361 g/mol. The molecular formula is C17H18ClFN6. The lowest BCUT2D eigenvalue weighted by molar-refractivity contribution is 0.363. The van der Waals surface area contributed by atoms with E-state index >= 15 is 0 Å². The number of nitrogens with zero attached hydrogens (tertiary/aromatic N) is 4. The number of nitrogens with one attached hydrogen (secondary N) is 1. The molecule has 3 aromatic rings. The highest BCUT2D eigenvalue weighted by atomic mass is 35.5. The molecule has 0 amide bonds. The number of benzene rings is 1. The molecule has 0 unspecified atom stereocenters. The van der Waals surface area contributed by atoms with Gasteiger partial charge in [0.1, 0.15) is 11.3 Å². The normalized spacial score (nSPS) is 17.2. The zero-order valence-electron chi connectivity index (χ0n) is 13.8. The van der Waals surface area contributed by atoms with Gasteiger partial charge in [0.05, 0.1) is 16.9 Å². The Kier molecular flexibility index (Phi) is 3.85. The second-order valence-electron chi connectivity index (χ2n) is 6.74. The third kappa shape index (κ3) is 2.94. The minimum absolute atomic E-state index is 0.0583. The Morgan fingerprint density at radius 1 is 1.32 bits per heavy atom. The van der Waals surface area contributed by atoms with Crippen LogP contribution in [-0.2, 0) is 0 Å². The summed E-state index contributed by atoms with van der Waals surface area (Å²) < 4.78 is 14.3. The number of H-pyrrole nitrogens is 1. The van der Waals surface area contributed by atoms with E-state index in [0.717, 1.165) is 31.7 Å². The van der Waals surface area contributed by atoms with Crippen molar-refractivity contribution in [3.05, 3.63) is 35.2 Å². The molecule has 3 N–H and O–H groups in total. The van der Waals surface area contributed by atoms with E-state index in [4.69, 9.17) is 17.3 Å². The van der Waals surface area contributed by atoms with Crippen LogP contribution >= 0.6 is 11.6 Å². The molecule has 1 aliphatic heterocycles. The fourth-order valence-corrected chi connectivity index (χ4v) is 3.24. The van der Waals surface area contributed by atoms with E-state index in [9.17, 15) is 4.39 Å². The number of anilines is 1. The summed E-state index contributed by atoms with van der Waals surface area (Å²) in [5.74, 6) is 0.256. The van der Waals surface area contributed by atoms with Gasteiger partial charge in [0.25, 0.3) is 0 Å². The molecule has 6 nitrogen and oxygen atoms in total. The standard InChI is InChI=1S/C17H18ClFN6/c1-17(20)5-7-25(8-6-17)12-9-21-15-14(23-24-16(15)22-12)10-3-2-4-11(18)13(10)19/h2-4,9H,5-8,20H2,1H3,(H,22,23,24).